The average molecular weight is 512 g/mol. The van der Waals surface area contributed by atoms with Crippen LogP contribution in [-0.2, 0) is 23.7 Å². The zero-order chi connectivity index (χ0) is 24.4. The van der Waals surface area contributed by atoms with Crippen LogP contribution < -0.4 is 14.3 Å². The molecule has 1 aliphatic rings. The first kappa shape index (κ1) is 23.5. The standard InChI is InChI=1S/C24H25N5O4S2/c1-28-21(16-34-24(28)30)17-11-12-22(23(13-17)35(31,32)26-18-7-5-6-8-18)33-15-19-14-29(27-25-19)20-9-3-2-4-10-20/h2-4,9-14,16,18,26H,5-8,15H2,1H3. The summed E-state index contributed by atoms with van der Waals surface area (Å²) in [5.74, 6) is 0.216. The summed E-state index contributed by atoms with van der Waals surface area (Å²) in [6, 6.07) is 14.4. The molecule has 0 spiro atoms. The molecule has 0 atom stereocenters. The van der Waals surface area contributed by atoms with E-state index in [4.69, 9.17) is 4.74 Å². The van der Waals surface area contributed by atoms with Crippen molar-refractivity contribution in [1.82, 2.24) is 24.3 Å². The molecule has 11 heteroatoms. The topological polar surface area (TPSA) is 108 Å². The molecule has 1 N–H and O–H groups in total. The molecule has 9 nitrogen and oxygen atoms in total. The molecule has 2 heterocycles. The van der Waals surface area contributed by atoms with Crippen molar-refractivity contribution in [3.8, 4) is 22.7 Å². The van der Waals surface area contributed by atoms with Crippen LogP contribution in [0.3, 0.4) is 0 Å². The smallest absolute Gasteiger partial charge is 0.307 e. The largest absolute Gasteiger partial charge is 0.486 e. The van der Waals surface area contributed by atoms with Gasteiger partial charge < -0.3 is 9.30 Å². The molecule has 1 saturated carbocycles. The third kappa shape index (κ3) is 5.07. The summed E-state index contributed by atoms with van der Waals surface area (Å²) in [5.41, 5.74) is 2.70. The SMILES string of the molecule is Cn1c(-c2ccc(OCc3cn(-c4ccccc4)nn3)c(S(=O)(=O)NC3CCCC3)c2)csc1=O. The van der Waals surface area contributed by atoms with Crippen molar-refractivity contribution in [2.75, 3.05) is 0 Å². The number of rotatable bonds is 8. The first-order chi connectivity index (χ1) is 16.9. The van der Waals surface area contributed by atoms with Crippen molar-refractivity contribution < 1.29 is 13.2 Å². The number of nitrogens with zero attached hydrogens (tertiary/aromatic N) is 4. The van der Waals surface area contributed by atoms with Gasteiger partial charge in [0.1, 0.15) is 22.9 Å². The van der Waals surface area contributed by atoms with E-state index in [1.807, 2.05) is 30.3 Å². The molecule has 0 bridgehead atoms. The fourth-order valence-corrected chi connectivity index (χ4v) is 6.41. The monoisotopic (exact) mass is 511 g/mol. The number of thiazole rings is 1. The molecule has 1 fully saturated rings. The zero-order valence-corrected chi connectivity index (χ0v) is 20.8. The van der Waals surface area contributed by atoms with Crippen molar-refractivity contribution >= 4 is 21.4 Å². The third-order valence-electron chi connectivity index (χ3n) is 6.05. The molecular formula is C24H25N5O4S2. The summed E-state index contributed by atoms with van der Waals surface area (Å²) < 4.78 is 38.7. The minimum atomic E-state index is -3.85. The molecule has 2 aromatic carbocycles. The van der Waals surface area contributed by atoms with E-state index in [1.165, 1.54) is 4.57 Å². The highest BCUT2D eigenvalue weighted by Gasteiger charge is 2.27. The number of benzene rings is 2. The Hall–Kier alpha value is -3.28. The number of hydrogen-bond donors (Lipinski definition) is 1. The highest BCUT2D eigenvalue weighted by molar-refractivity contribution is 7.89. The molecule has 0 aliphatic heterocycles. The van der Waals surface area contributed by atoms with Crippen LogP contribution in [0, 0.1) is 0 Å². The molecular weight excluding hydrogens is 486 g/mol. The van der Waals surface area contributed by atoms with Crippen LogP contribution in [-0.4, -0.2) is 34.0 Å². The van der Waals surface area contributed by atoms with Crippen molar-refractivity contribution in [3.05, 3.63) is 75.5 Å². The van der Waals surface area contributed by atoms with Crippen molar-refractivity contribution in [2.45, 2.75) is 43.2 Å². The molecule has 0 saturated heterocycles. The first-order valence-corrected chi connectivity index (χ1v) is 13.7. The van der Waals surface area contributed by atoms with E-state index in [-0.39, 0.29) is 28.2 Å². The van der Waals surface area contributed by atoms with Gasteiger partial charge in [-0.25, -0.2) is 17.8 Å². The average Bonchev–Trinajstić information content (AvgIpc) is 3.61. The molecule has 4 aromatic rings. The predicted octanol–water partition coefficient (Wildman–Crippen LogP) is 3.49. The number of sulfonamides is 1. The Labute approximate surface area is 207 Å². The van der Waals surface area contributed by atoms with Crippen molar-refractivity contribution in [3.63, 3.8) is 0 Å². The van der Waals surface area contributed by atoms with Gasteiger partial charge in [-0.3, -0.25) is 4.79 Å². The van der Waals surface area contributed by atoms with Crippen LogP contribution in [0.15, 0.2) is 69.8 Å². The van der Waals surface area contributed by atoms with E-state index in [1.54, 1.807) is 41.5 Å². The van der Waals surface area contributed by atoms with Gasteiger partial charge in [0, 0.05) is 24.0 Å². The van der Waals surface area contributed by atoms with Gasteiger partial charge in [-0.05, 0) is 43.2 Å². The van der Waals surface area contributed by atoms with Crippen LogP contribution in [0.1, 0.15) is 31.4 Å². The minimum absolute atomic E-state index is 0.0380. The molecule has 0 amide bonds. The molecule has 35 heavy (non-hydrogen) atoms. The maximum absolute atomic E-state index is 13.4. The maximum atomic E-state index is 13.4. The normalized spacial score (nSPS) is 14.4. The fraction of sp³-hybridized carbons (Fsp3) is 0.292. The molecule has 2 aromatic heterocycles. The number of ether oxygens (including phenoxy) is 1. The van der Waals surface area contributed by atoms with E-state index in [9.17, 15) is 13.2 Å². The lowest BCUT2D eigenvalue weighted by Gasteiger charge is -2.17. The molecule has 1 aliphatic carbocycles. The highest BCUT2D eigenvalue weighted by Crippen LogP contribution is 2.32. The van der Waals surface area contributed by atoms with E-state index >= 15 is 0 Å². The van der Waals surface area contributed by atoms with Gasteiger partial charge in [-0.2, -0.15) is 0 Å². The quantitative estimate of drug-likeness (QED) is 0.388. The van der Waals surface area contributed by atoms with Crippen molar-refractivity contribution in [2.24, 2.45) is 7.05 Å². The lowest BCUT2D eigenvalue weighted by atomic mass is 10.1. The molecule has 182 valence electrons. The van der Waals surface area contributed by atoms with E-state index < -0.39 is 10.0 Å². The Bertz CT molecular complexity index is 1490. The van der Waals surface area contributed by atoms with E-state index in [0.717, 1.165) is 42.7 Å². The Morgan fingerprint density at radius 1 is 1.14 bits per heavy atom. The van der Waals surface area contributed by atoms with Gasteiger partial charge in [0.15, 0.2) is 0 Å². The summed E-state index contributed by atoms with van der Waals surface area (Å²) in [6.07, 6.45) is 5.39. The van der Waals surface area contributed by atoms with Gasteiger partial charge in [-0.1, -0.05) is 47.6 Å². The van der Waals surface area contributed by atoms with E-state index in [0.29, 0.717) is 17.0 Å². The van der Waals surface area contributed by atoms with Crippen LogP contribution in [0.2, 0.25) is 0 Å². The highest BCUT2D eigenvalue weighted by atomic mass is 32.2. The number of para-hydroxylation sites is 1. The summed E-state index contributed by atoms with van der Waals surface area (Å²) in [7, 11) is -2.19. The third-order valence-corrected chi connectivity index (χ3v) is 8.41. The van der Waals surface area contributed by atoms with Gasteiger partial charge in [0.2, 0.25) is 10.0 Å². The Morgan fingerprint density at radius 3 is 2.63 bits per heavy atom. The first-order valence-electron chi connectivity index (χ1n) is 11.3. The van der Waals surface area contributed by atoms with Gasteiger partial charge in [0.05, 0.1) is 17.6 Å². The van der Waals surface area contributed by atoms with Crippen LogP contribution >= 0.6 is 11.3 Å². The van der Waals surface area contributed by atoms with Crippen LogP contribution in [0.5, 0.6) is 5.75 Å². The lowest BCUT2D eigenvalue weighted by Crippen LogP contribution is -2.33. The summed E-state index contributed by atoms with van der Waals surface area (Å²) in [4.78, 5) is 11.9. The summed E-state index contributed by atoms with van der Waals surface area (Å²) in [6.45, 7) is 0.0507. The summed E-state index contributed by atoms with van der Waals surface area (Å²) in [5, 5.41) is 10.0. The number of hydrogen-bond acceptors (Lipinski definition) is 7. The van der Waals surface area contributed by atoms with Gasteiger partial charge in [-0.15, -0.1) is 5.10 Å². The second kappa shape index (κ2) is 9.76. The zero-order valence-electron chi connectivity index (χ0n) is 19.1. The molecule has 0 unspecified atom stereocenters. The second-order valence-electron chi connectivity index (χ2n) is 8.49. The van der Waals surface area contributed by atoms with E-state index in [2.05, 4.69) is 15.0 Å². The summed E-state index contributed by atoms with van der Waals surface area (Å²) >= 11 is 1.07. The minimum Gasteiger partial charge on any atom is -0.486 e. The Kier molecular flexibility index (Phi) is 6.54. The molecule has 0 radical (unpaired) electrons. The van der Waals surface area contributed by atoms with Gasteiger partial charge >= 0.3 is 4.87 Å². The maximum Gasteiger partial charge on any atom is 0.307 e. The van der Waals surface area contributed by atoms with Crippen LogP contribution in [0.4, 0.5) is 0 Å². The Balaban J connectivity index is 1.44. The fourth-order valence-electron chi connectivity index (χ4n) is 4.17. The lowest BCUT2D eigenvalue weighted by molar-refractivity contribution is 0.293. The van der Waals surface area contributed by atoms with Crippen molar-refractivity contribution in [1.29, 1.82) is 0 Å². The second-order valence-corrected chi connectivity index (χ2v) is 11.0. The number of aromatic nitrogens is 4. The van der Waals surface area contributed by atoms with Crippen LogP contribution in [0.25, 0.3) is 16.9 Å². The predicted molar refractivity (Wildman–Crippen MR) is 133 cm³/mol. The molecule has 5 rings (SSSR count). The number of nitrogens with one attached hydrogen (secondary N) is 1. The Morgan fingerprint density at radius 2 is 1.91 bits per heavy atom. The van der Waals surface area contributed by atoms with Gasteiger partial charge in [0.25, 0.3) is 0 Å².